The number of carbonyl (C=O) groups is 1. The Bertz CT molecular complexity index is 650. The Morgan fingerprint density at radius 3 is 2.81 bits per heavy atom. The largest absolute Gasteiger partial charge is 0.395 e. The maximum absolute atomic E-state index is 11.9. The fraction of sp³-hybridized carbons (Fsp3) is 0.500. The van der Waals surface area contributed by atoms with Gasteiger partial charge in [0.25, 0.3) is 5.91 Å². The number of sulfone groups is 1. The number of rotatable bonds is 6. The standard InChI is InChI=1S/C14H19NO4S2/c1-11-10-13(20-12(11)6-3-4-8-16)14(17)15-7-5-9-21(2,18)19/h10,16H,4-5,7-9H2,1-2H3,(H,15,17). The van der Waals surface area contributed by atoms with Crippen LogP contribution in [0.4, 0.5) is 0 Å². The highest BCUT2D eigenvalue weighted by atomic mass is 32.2. The van der Waals surface area contributed by atoms with Crippen molar-refractivity contribution in [1.29, 1.82) is 0 Å². The summed E-state index contributed by atoms with van der Waals surface area (Å²) < 4.78 is 22.0. The van der Waals surface area contributed by atoms with Gasteiger partial charge in [-0.25, -0.2) is 8.42 Å². The third kappa shape index (κ3) is 6.76. The molecule has 1 aromatic rings. The first-order chi connectivity index (χ1) is 9.83. The van der Waals surface area contributed by atoms with E-state index in [1.165, 1.54) is 17.6 Å². The average molecular weight is 329 g/mol. The molecule has 21 heavy (non-hydrogen) atoms. The van der Waals surface area contributed by atoms with Gasteiger partial charge in [-0.15, -0.1) is 11.3 Å². The van der Waals surface area contributed by atoms with Crippen LogP contribution in [0.25, 0.3) is 0 Å². The van der Waals surface area contributed by atoms with Crippen molar-refractivity contribution in [2.24, 2.45) is 0 Å². The average Bonchev–Trinajstić information content (AvgIpc) is 2.75. The van der Waals surface area contributed by atoms with Crippen molar-refractivity contribution in [3.8, 4) is 11.8 Å². The molecule has 0 saturated heterocycles. The number of carbonyl (C=O) groups excluding carboxylic acids is 1. The molecule has 116 valence electrons. The van der Waals surface area contributed by atoms with E-state index in [-0.39, 0.29) is 18.3 Å². The molecule has 7 heteroatoms. The SMILES string of the molecule is Cc1cc(C(=O)NCCCS(C)(=O)=O)sc1C#CCCO. The van der Waals surface area contributed by atoms with E-state index in [0.29, 0.717) is 24.3 Å². The van der Waals surface area contributed by atoms with Crippen molar-refractivity contribution < 1.29 is 18.3 Å². The highest BCUT2D eigenvalue weighted by molar-refractivity contribution is 7.90. The van der Waals surface area contributed by atoms with Crippen molar-refractivity contribution in [3.05, 3.63) is 21.4 Å². The molecule has 0 unspecified atom stereocenters. The predicted octanol–water partition coefficient (Wildman–Crippen LogP) is 0.955. The Morgan fingerprint density at radius 1 is 1.48 bits per heavy atom. The molecule has 0 bridgehead atoms. The van der Waals surface area contributed by atoms with Crippen LogP contribution in [-0.4, -0.2) is 44.6 Å². The number of hydrogen-bond acceptors (Lipinski definition) is 5. The fourth-order valence-corrected chi connectivity index (χ4v) is 3.17. The van der Waals surface area contributed by atoms with Crippen molar-refractivity contribution in [2.75, 3.05) is 25.2 Å². The van der Waals surface area contributed by atoms with E-state index in [4.69, 9.17) is 5.11 Å². The molecule has 0 aliphatic heterocycles. The van der Waals surface area contributed by atoms with Crippen molar-refractivity contribution >= 4 is 27.1 Å². The summed E-state index contributed by atoms with van der Waals surface area (Å²) in [6.45, 7) is 2.22. The molecular formula is C14H19NO4S2. The summed E-state index contributed by atoms with van der Waals surface area (Å²) in [5.74, 6) is 5.60. The topological polar surface area (TPSA) is 83.5 Å². The van der Waals surface area contributed by atoms with Crippen LogP contribution in [0.2, 0.25) is 0 Å². The Labute approximate surface area is 129 Å². The van der Waals surface area contributed by atoms with E-state index in [2.05, 4.69) is 17.2 Å². The van der Waals surface area contributed by atoms with Crippen molar-refractivity contribution in [2.45, 2.75) is 19.8 Å². The van der Waals surface area contributed by atoms with Crippen LogP contribution in [0.5, 0.6) is 0 Å². The number of hydrogen-bond donors (Lipinski definition) is 2. The number of aliphatic hydroxyl groups excluding tert-OH is 1. The third-order valence-electron chi connectivity index (χ3n) is 2.56. The van der Waals surface area contributed by atoms with Gasteiger partial charge < -0.3 is 10.4 Å². The van der Waals surface area contributed by atoms with E-state index in [0.717, 1.165) is 10.4 Å². The second-order valence-corrected chi connectivity index (χ2v) is 7.95. The van der Waals surface area contributed by atoms with Crippen molar-refractivity contribution in [3.63, 3.8) is 0 Å². The maximum Gasteiger partial charge on any atom is 0.261 e. The molecule has 0 saturated carbocycles. The van der Waals surface area contributed by atoms with Crippen LogP contribution in [0, 0.1) is 18.8 Å². The number of aryl methyl sites for hydroxylation is 1. The van der Waals surface area contributed by atoms with Gasteiger partial charge in [0.1, 0.15) is 9.84 Å². The molecule has 0 aliphatic carbocycles. The molecule has 0 atom stereocenters. The predicted molar refractivity (Wildman–Crippen MR) is 84.3 cm³/mol. The van der Waals surface area contributed by atoms with Gasteiger partial charge in [0.15, 0.2) is 0 Å². The van der Waals surface area contributed by atoms with E-state index in [1.807, 2.05) is 6.92 Å². The number of amides is 1. The van der Waals surface area contributed by atoms with Crippen LogP contribution in [0.3, 0.4) is 0 Å². The van der Waals surface area contributed by atoms with Crippen molar-refractivity contribution in [1.82, 2.24) is 5.32 Å². The lowest BCUT2D eigenvalue weighted by Gasteiger charge is -2.02. The van der Waals surface area contributed by atoms with Crippen LogP contribution in [0.15, 0.2) is 6.07 Å². The Morgan fingerprint density at radius 2 is 2.19 bits per heavy atom. The molecule has 2 N–H and O–H groups in total. The summed E-state index contributed by atoms with van der Waals surface area (Å²) in [6, 6.07) is 1.76. The lowest BCUT2D eigenvalue weighted by atomic mass is 10.2. The summed E-state index contributed by atoms with van der Waals surface area (Å²) in [7, 11) is -2.99. The van der Waals surface area contributed by atoms with Gasteiger partial charge in [0.05, 0.1) is 22.1 Å². The zero-order valence-electron chi connectivity index (χ0n) is 12.1. The summed E-state index contributed by atoms with van der Waals surface area (Å²) in [5.41, 5.74) is 0.923. The maximum atomic E-state index is 11.9. The molecule has 1 heterocycles. The zero-order valence-corrected chi connectivity index (χ0v) is 13.7. The van der Waals surface area contributed by atoms with E-state index < -0.39 is 9.84 Å². The molecule has 0 fully saturated rings. The molecular weight excluding hydrogens is 310 g/mol. The Kier molecular flexibility index (Phi) is 6.89. The Hall–Kier alpha value is -1.36. The third-order valence-corrected chi connectivity index (χ3v) is 4.74. The lowest BCUT2D eigenvalue weighted by molar-refractivity contribution is 0.0957. The molecule has 1 amide bonds. The molecule has 1 rings (SSSR count). The smallest absolute Gasteiger partial charge is 0.261 e. The minimum absolute atomic E-state index is 0.0190. The number of thiophene rings is 1. The first-order valence-corrected chi connectivity index (χ1v) is 9.37. The quantitative estimate of drug-likeness (QED) is 0.601. The normalized spacial score (nSPS) is 10.8. The molecule has 0 aromatic carbocycles. The van der Waals surface area contributed by atoms with E-state index in [1.54, 1.807) is 6.07 Å². The van der Waals surface area contributed by atoms with Crippen LogP contribution < -0.4 is 5.32 Å². The summed E-state index contributed by atoms with van der Waals surface area (Å²) in [6.07, 6.45) is 1.98. The molecule has 5 nitrogen and oxygen atoms in total. The summed E-state index contributed by atoms with van der Waals surface area (Å²) in [5, 5.41) is 11.4. The van der Waals surface area contributed by atoms with Gasteiger partial charge in [0.2, 0.25) is 0 Å². The first-order valence-electron chi connectivity index (χ1n) is 6.49. The summed E-state index contributed by atoms with van der Waals surface area (Å²) >= 11 is 1.30. The lowest BCUT2D eigenvalue weighted by Crippen LogP contribution is -2.25. The minimum atomic E-state index is -2.99. The van der Waals surface area contributed by atoms with Crippen LogP contribution in [0.1, 0.15) is 33.0 Å². The van der Waals surface area contributed by atoms with Gasteiger partial charge in [-0.3, -0.25) is 4.79 Å². The second-order valence-electron chi connectivity index (χ2n) is 4.64. The van der Waals surface area contributed by atoms with Gasteiger partial charge >= 0.3 is 0 Å². The fourth-order valence-electron chi connectivity index (χ4n) is 1.54. The number of nitrogens with one attached hydrogen (secondary N) is 1. The Balaban J connectivity index is 2.56. The van der Waals surface area contributed by atoms with E-state index >= 15 is 0 Å². The highest BCUT2D eigenvalue weighted by Gasteiger charge is 2.11. The minimum Gasteiger partial charge on any atom is -0.395 e. The van der Waals surface area contributed by atoms with Crippen LogP contribution >= 0.6 is 11.3 Å². The van der Waals surface area contributed by atoms with Gasteiger partial charge in [0, 0.05) is 19.2 Å². The molecule has 0 aliphatic rings. The molecule has 0 spiro atoms. The molecule has 1 aromatic heterocycles. The van der Waals surface area contributed by atoms with Crippen LogP contribution in [-0.2, 0) is 9.84 Å². The zero-order chi connectivity index (χ0) is 15.9. The second kappa shape index (κ2) is 8.17. The highest BCUT2D eigenvalue weighted by Crippen LogP contribution is 2.20. The summed E-state index contributed by atoms with van der Waals surface area (Å²) in [4.78, 5) is 13.3. The van der Waals surface area contributed by atoms with Gasteiger partial charge in [-0.1, -0.05) is 11.8 Å². The number of aliphatic hydroxyl groups is 1. The van der Waals surface area contributed by atoms with Gasteiger partial charge in [-0.2, -0.15) is 0 Å². The first kappa shape index (κ1) is 17.7. The monoisotopic (exact) mass is 329 g/mol. The van der Waals surface area contributed by atoms with Gasteiger partial charge in [-0.05, 0) is 25.0 Å². The molecule has 0 radical (unpaired) electrons. The van der Waals surface area contributed by atoms with E-state index in [9.17, 15) is 13.2 Å².